The lowest BCUT2D eigenvalue weighted by molar-refractivity contribution is -0.384. The number of fused-ring (bicyclic) bond motifs is 1. The predicted molar refractivity (Wildman–Crippen MR) is 68.0 cm³/mol. The number of aromatic nitrogens is 2. The van der Waals surface area contributed by atoms with Crippen LogP contribution in [-0.4, -0.2) is 14.9 Å². The summed E-state index contributed by atoms with van der Waals surface area (Å²) in [7, 11) is 0. The largest absolute Gasteiger partial charge is 0.308 e. The summed E-state index contributed by atoms with van der Waals surface area (Å²) >= 11 is 0. The average molecular weight is 247 g/mol. The van der Waals surface area contributed by atoms with Crippen molar-refractivity contribution in [2.24, 2.45) is 5.84 Å². The Bertz CT molecular complexity index is 599. The second kappa shape index (κ2) is 4.92. The molecule has 0 fully saturated rings. The van der Waals surface area contributed by atoms with E-state index in [9.17, 15) is 10.1 Å². The van der Waals surface area contributed by atoms with Crippen molar-refractivity contribution in [2.75, 3.05) is 5.43 Å². The summed E-state index contributed by atoms with van der Waals surface area (Å²) in [6.07, 6.45) is 1.66. The number of nitrogens with two attached hydrogens (primary N) is 1. The first-order chi connectivity index (χ1) is 8.65. The average Bonchev–Trinajstić information content (AvgIpc) is 2.37. The molecule has 3 N–H and O–H groups in total. The molecule has 0 aliphatic rings. The molecule has 18 heavy (non-hydrogen) atoms. The molecule has 0 radical (unpaired) electrons. The number of nitrogen functional groups attached to an aromatic ring is 1. The summed E-state index contributed by atoms with van der Waals surface area (Å²) in [5.74, 6) is 6.48. The molecule has 0 aliphatic carbocycles. The fraction of sp³-hybridized carbons (Fsp3) is 0.273. The minimum Gasteiger partial charge on any atom is -0.308 e. The molecule has 1 heterocycles. The Morgan fingerprint density at radius 2 is 2.22 bits per heavy atom. The zero-order chi connectivity index (χ0) is 13.1. The third kappa shape index (κ3) is 2.21. The van der Waals surface area contributed by atoms with Crippen LogP contribution >= 0.6 is 0 Å². The smallest absolute Gasteiger partial charge is 0.270 e. The minimum absolute atomic E-state index is 0.00848. The SMILES string of the molecule is CCCc1nc(NN)c2cc([N+](=O)[O-])ccc2n1. The van der Waals surface area contributed by atoms with Crippen molar-refractivity contribution in [1.82, 2.24) is 9.97 Å². The first kappa shape index (κ1) is 12.2. The normalized spacial score (nSPS) is 10.6. The number of benzene rings is 1. The number of hydrazine groups is 1. The van der Waals surface area contributed by atoms with Gasteiger partial charge in [-0.3, -0.25) is 10.1 Å². The zero-order valence-corrected chi connectivity index (χ0v) is 9.88. The molecule has 0 saturated carbocycles. The van der Waals surface area contributed by atoms with E-state index in [-0.39, 0.29) is 5.69 Å². The molecule has 7 heteroatoms. The highest BCUT2D eigenvalue weighted by Gasteiger charge is 2.11. The Balaban J connectivity index is 2.63. The highest BCUT2D eigenvalue weighted by molar-refractivity contribution is 5.90. The van der Waals surface area contributed by atoms with E-state index in [1.165, 1.54) is 12.1 Å². The summed E-state index contributed by atoms with van der Waals surface area (Å²) in [5.41, 5.74) is 3.10. The third-order valence-corrected chi connectivity index (χ3v) is 2.55. The molecule has 0 spiro atoms. The Kier molecular flexibility index (Phi) is 3.33. The second-order valence-electron chi connectivity index (χ2n) is 3.84. The fourth-order valence-electron chi connectivity index (χ4n) is 1.72. The molecule has 0 amide bonds. The van der Waals surface area contributed by atoms with Crippen LogP contribution in [0.2, 0.25) is 0 Å². The Hall–Kier alpha value is -2.28. The minimum atomic E-state index is -0.459. The number of aryl methyl sites for hydroxylation is 1. The lowest BCUT2D eigenvalue weighted by Gasteiger charge is -2.07. The molecule has 0 saturated heterocycles. The van der Waals surface area contributed by atoms with Gasteiger partial charge in [0.1, 0.15) is 5.82 Å². The topological polar surface area (TPSA) is 107 Å². The van der Waals surface area contributed by atoms with Gasteiger partial charge in [-0.25, -0.2) is 15.8 Å². The first-order valence-electron chi connectivity index (χ1n) is 5.57. The number of rotatable bonds is 4. The van der Waals surface area contributed by atoms with Gasteiger partial charge in [-0.1, -0.05) is 6.92 Å². The van der Waals surface area contributed by atoms with Gasteiger partial charge in [0.05, 0.1) is 15.8 Å². The van der Waals surface area contributed by atoms with Crippen LogP contribution in [0.5, 0.6) is 0 Å². The van der Waals surface area contributed by atoms with E-state index in [2.05, 4.69) is 15.4 Å². The number of anilines is 1. The molecular formula is C11H13N5O2. The summed E-state index contributed by atoms with van der Waals surface area (Å²) in [6.45, 7) is 2.03. The summed E-state index contributed by atoms with van der Waals surface area (Å²) in [4.78, 5) is 18.9. The Labute approximate surface area is 103 Å². The maximum Gasteiger partial charge on any atom is 0.270 e. The van der Waals surface area contributed by atoms with Crippen LogP contribution < -0.4 is 11.3 Å². The van der Waals surface area contributed by atoms with E-state index >= 15 is 0 Å². The molecule has 0 bridgehead atoms. The zero-order valence-electron chi connectivity index (χ0n) is 9.88. The van der Waals surface area contributed by atoms with Crippen molar-refractivity contribution >= 4 is 22.4 Å². The standard InChI is InChI=1S/C11H13N5O2/c1-2-3-10-13-9-5-4-7(16(17)18)6-8(9)11(14-10)15-12/h4-6H,2-3,12H2,1H3,(H,13,14,15). The van der Waals surface area contributed by atoms with E-state index in [1.807, 2.05) is 6.92 Å². The number of nitrogens with one attached hydrogen (secondary N) is 1. The van der Waals surface area contributed by atoms with E-state index in [0.29, 0.717) is 22.5 Å². The van der Waals surface area contributed by atoms with Gasteiger partial charge in [0, 0.05) is 18.6 Å². The van der Waals surface area contributed by atoms with Crippen molar-refractivity contribution in [1.29, 1.82) is 0 Å². The highest BCUT2D eigenvalue weighted by atomic mass is 16.6. The molecule has 0 aliphatic heterocycles. The summed E-state index contributed by atoms with van der Waals surface area (Å²) in [5, 5.41) is 11.3. The maximum atomic E-state index is 10.7. The molecule has 1 aromatic heterocycles. The van der Waals surface area contributed by atoms with E-state index in [4.69, 9.17) is 5.84 Å². The monoisotopic (exact) mass is 247 g/mol. The van der Waals surface area contributed by atoms with Gasteiger partial charge in [-0.05, 0) is 12.5 Å². The number of hydrogen-bond donors (Lipinski definition) is 2. The van der Waals surface area contributed by atoms with Crippen LogP contribution in [0.25, 0.3) is 10.9 Å². The lowest BCUT2D eigenvalue weighted by atomic mass is 10.2. The molecule has 2 rings (SSSR count). The third-order valence-electron chi connectivity index (χ3n) is 2.55. The van der Waals surface area contributed by atoms with E-state index in [0.717, 1.165) is 12.8 Å². The molecule has 0 unspecified atom stereocenters. The van der Waals surface area contributed by atoms with Crippen LogP contribution in [0, 0.1) is 10.1 Å². The number of nitrogens with zero attached hydrogens (tertiary/aromatic N) is 3. The summed E-state index contributed by atoms with van der Waals surface area (Å²) in [6, 6.07) is 4.45. The van der Waals surface area contributed by atoms with E-state index in [1.54, 1.807) is 6.07 Å². The molecule has 0 atom stereocenters. The predicted octanol–water partition coefficient (Wildman–Crippen LogP) is 1.78. The summed E-state index contributed by atoms with van der Waals surface area (Å²) < 4.78 is 0. The van der Waals surface area contributed by atoms with Gasteiger partial charge in [-0.15, -0.1) is 0 Å². The van der Waals surface area contributed by atoms with Crippen LogP contribution in [0.4, 0.5) is 11.5 Å². The van der Waals surface area contributed by atoms with Crippen LogP contribution in [0.1, 0.15) is 19.2 Å². The van der Waals surface area contributed by atoms with Crippen molar-refractivity contribution in [3.63, 3.8) is 0 Å². The van der Waals surface area contributed by atoms with Gasteiger partial charge in [0.15, 0.2) is 5.82 Å². The second-order valence-corrected chi connectivity index (χ2v) is 3.84. The Morgan fingerprint density at radius 3 is 2.83 bits per heavy atom. The van der Waals surface area contributed by atoms with Crippen molar-refractivity contribution < 1.29 is 4.92 Å². The molecular weight excluding hydrogens is 234 g/mol. The van der Waals surface area contributed by atoms with Crippen LogP contribution in [0.3, 0.4) is 0 Å². The van der Waals surface area contributed by atoms with Crippen molar-refractivity contribution in [3.8, 4) is 0 Å². The number of nitro benzene ring substituents is 1. The Morgan fingerprint density at radius 1 is 1.44 bits per heavy atom. The van der Waals surface area contributed by atoms with Gasteiger partial charge in [0.2, 0.25) is 0 Å². The van der Waals surface area contributed by atoms with Crippen molar-refractivity contribution in [2.45, 2.75) is 19.8 Å². The number of non-ortho nitro benzene ring substituents is 1. The molecule has 7 nitrogen and oxygen atoms in total. The lowest BCUT2D eigenvalue weighted by Crippen LogP contribution is -2.11. The van der Waals surface area contributed by atoms with Gasteiger partial charge in [-0.2, -0.15) is 0 Å². The number of hydrogen-bond acceptors (Lipinski definition) is 6. The quantitative estimate of drug-likeness (QED) is 0.484. The van der Waals surface area contributed by atoms with Crippen molar-refractivity contribution in [3.05, 3.63) is 34.1 Å². The molecule has 94 valence electrons. The van der Waals surface area contributed by atoms with Crippen LogP contribution in [0.15, 0.2) is 18.2 Å². The highest BCUT2D eigenvalue weighted by Crippen LogP contribution is 2.24. The number of nitro groups is 1. The molecule has 1 aromatic carbocycles. The fourth-order valence-corrected chi connectivity index (χ4v) is 1.72. The van der Waals surface area contributed by atoms with Gasteiger partial charge in [0.25, 0.3) is 5.69 Å². The van der Waals surface area contributed by atoms with Crippen LogP contribution in [-0.2, 0) is 6.42 Å². The van der Waals surface area contributed by atoms with Gasteiger partial charge >= 0.3 is 0 Å². The maximum absolute atomic E-state index is 10.7. The molecule has 2 aromatic rings. The van der Waals surface area contributed by atoms with Gasteiger partial charge < -0.3 is 5.43 Å². The first-order valence-corrected chi connectivity index (χ1v) is 5.57. The van der Waals surface area contributed by atoms with E-state index < -0.39 is 4.92 Å².